The third-order valence-electron chi connectivity index (χ3n) is 6.05. The monoisotopic (exact) mass is 425 g/mol. The molecule has 0 bridgehead atoms. The second-order valence-electron chi connectivity index (χ2n) is 8.33. The average Bonchev–Trinajstić information content (AvgIpc) is 3.31. The van der Waals surface area contributed by atoms with E-state index >= 15 is 0 Å². The molecule has 1 fully saturated rings. The summed E-state index contributed by atoms with van der Waals surface area (Å²) >= 11 is 0. The minimum Gasteiger partial charge on any atom is -0.322 e. The molecular formula is C26H27N5O. The highest BCUT2D eigenvalue weighted by Gasteiger charge is 2.17. The Morgan fingerprint density at radius 1 is 0.812 bits per heavy atom. The van der Waals surface area contributed by atoms with Gasteiger partial charge in [-0.2, -0.15) is 5.10 Å². The quantitative estimate of drug-likeness (QED) is 0.488. The number of amides is 1. The number of anilines is 1. The summed E-state index contributed by atoms with van der Waals surface area (Å²) < 4.78 is 0. The number of aromatic nitrogens is 2. The second kappa shape index (κ2) is 9.34. The fourth-order valence-electron chi connectivity index (χ4n) is 4.26. The van der Waals surface area contributed by atoms with Crippen LogP contribution in [0.3, 0.4) is 0 Å². The zero-order chi connectivity index (χ0) is 21.8. The van der Waals surface area contributed by atoms with Crippen molar-refractivity contribution < 1.29 is 4.79 Å². The Bertz CT molecular complexity index is 1180. The standard InChI is InChI=1S/C26H27N5O/c32-26(24-8-4-7-22-17-27-29-25(22)24)28-23-11-9-21(10-12-23)19-31-15-13-30(14-16-31)18-20-5-2-1-3-6-20/h1-12,17H,13-16,18-19H2,(H,27,29)(H,28,32). The van der Waals surface area contributed by atoms with Crippen molar-refractivity contribution in [3.63, 3.8) is 0 Å². The Morgan fingerprint density at radius 3 is 2.16 bits per heavy atom. The Balaban J connectivity index is 1.14. The van der Waals surface area contributed by atoms with Crippen LogP contribution in [-0.2, 0) is 13.1 Å². The molecule has 6 nitrogen and oxygen atoms in total. The van der Waals surface area contributed by atoms with E-state index in [9.17, 15) is 4.79 Å². The van der Waals surface area contributed by atoms with Crippen molar-refractivity contribution in [1.29, 1.82) is 0 Å². The topological polar surface area (TPSA) is 64.3 Å². The van der Waals surface area contributed by atoms with Gasteiger partial charge < -0.3 is 5.32 Å². The Kier molecular flexibility index (Phi) is 5.96. The number of H-pyrrole nitrogens is 1. The van der Waals surface area contributed by atoms with Crippen LogP contribution in [0.25, 0.3) is 10.9 Å². The van der Waals surface area contributed by atoms with Crippen molar-refractivity contribution in [1.82, 2.24) is 20.0 Å². The predicted octanol–water partition coefficient (Wildman–Crippen LogP) is 4.13. The largest absolute Gasteiger partial charge is 0.322 e. The molecule has 3 aromatic carbocycles. The van der Waals surface area contributed by atoms with Crippen LogP contribution in [0.5, 0.6) is 0 Å². The number of piperazine rings is 1. The van der Waals surface area contributed by atoms with Gasteiger partial charge in [-0.05, 0) is 29.3 Å². The van der Waals surface area contributed by atoms with E-state index < -0.39 is 0 Å². The summed E-state index contributed by atoms with van der Waals surface area (Å²) in [7, 11) is 0. The molecule has 1 saturated heterocycles. The lowest BCUT2D eigenvalue weighted by molar-refractivity contribution is 0.102. The summed E-state index contributed by atoms with van der Waals surface area (Å²) in [5.74, 6) is -0.137. The number of rotatable bonds is 6. The fraction of sp³-hybridized carbons (Fsp3) is 0.231. The summed E-state index contributed by atoms with van der Waals surface area (Å²) in [5, 5.41) is 10.9. The molecule has 4 aromatic rings. The van der Waals surface area contributed by atoms with Gasteiger partial charge >= 0.3 is 0 Å². The fourth-order valence-corrected chi connectivity index (χ4v) is 4.26. The van der Waals surface area contributed by atoms with E-state index in [1.165, 1.54) is 11.1 Å². The Morgan fingerprint density at radius 2 is 1.47 bits per heavy atom. The number of carbonyl (C=O) groups is 1. The van der Waals surface area contributed by atoms with Crippen molar-refractivity contribution in [2.24, 2.45) is 0 Å². The van der Waals surface area contributed by atoms with Crippen molar-refractivity contribution >= 4 is 22.5 Å². The number of aromatic amines is 1. The van der Waals surface area contributed by atoms with Gasteiger partial charge in [0.15, 0.2) is 0 Å². The predicted molar refractivity (Wildman–Crippen MR) is 127 cm³/mol. The van der Waals surface area contributed by atoms with E-state index in [1.807, 2.05) is 30.3 Å². The van der Waals surface area contributed by atoms with Crippen LogP contribution in [0.15, 0.2) is 79.0 Å². The van der Waals surface area contributed by atoms with E-state index in [4.69, 9.17) is 0 Å². The molecule has 32 heavy (non-hydrogen) atoms. The van der Waals surface area contributed by atoms with Gasteiger partial charge in [0.1, 0.15) is 0 Å². The van der Waals surface area contributed by atoms with Crippen molar-refractivity contribution in [3.8, 4) is 0 Å². The van der Waals surface area contributed by atoms with Gasteiger partial charge in [0.25, 0.3) is 5.91 Å². The first-order chi connectivity index (χ1) is 15.7. The maximum Gasteiger partial charge on any atom is 0.257 e. The molecule has 1 amide bonds. The minimum absolute atomic E-state index is 0.137. The van der Waals surface area contributed by atoms with E-state index in [2.05, 4.69) is 67.8 Å². The van der Waals surface area contributed by atoms with Gasteiger partial charge in [-0.1, -0.05) is 54.6 Å². The number of para-hydroxylation sites is 1. The molecule has 162 valence electrons. The summed E-state index contributed by atoms with van der Waals surface area (Å²) in [6.45, 7) is 6.26. The Labute approximate surface area is 187 Å². The Hall–Kier alpha value is -3.48. The molecule has 0 radical (unpaired) electrons. The summed E-state index contributed by atoms with van der Waals surface area (Å²) in [5.41, 5.74) is 4.78. The summed E-state index contributed by atoms with van der Waals surface area (Å²) in [4.78, 5) is 17.7. The zero-order valence-electron chi connectivity index (χ0n) is 18.0. The normalized spacial score (nSPS) is 15.1. The van der Waals surface area contributed by atoms with Crippen LogP contribution in [0.1, 0.15) is 21.5 Å². The molecule has 0 aliphatic carbocycles. The lowest BCUT2D eigenvalue weighted by Crippen LogP contribution is -2.45. The SMILES string of the molecule is O=C(Nc1ccc(CN2CCN(Cc3ccccc3)CC2)cc1)c1cccc2cn[nH]c12. The van der Waals surface area contributed by atoms with Gasteiger partial charge in [0, 0.05) is 50.3 Å². The van der Waals surface area contributed by atoms with Gasteiger partial charge in [-0.15, -0.1) is 0 Å². The number of fused-ring (bicyclic) bond motifs is 1. The van der Waals surface area contributed by atoms with E-state index in [1.54, 1.807) is 6.20 Å². The first-order valence-corrected chi connectivity index (χ1v) is 11.1. The van der Waals surface area contributed by atoms with Crippen molar-refractivity contribution in [3.05, 3.63) is 95.7 Å². The number of hydrogen-bond acceptors (Lipinski definition) is 4. The van der Waals surface area contributed by atoms with Crippen molar-refractivity contribution in [2.45, 2.75) is 13.1 Å². The lowest BCUT2D eigenvalue weighted by atomic mass is 10.1. The molecule has 5 rings (SSSR count). The zero-order valence-corrected chi connectivity index (χ0v) is 18.0. The van der Waals surface area contributed by atoms with E-state index in [-0.39, 0.29) is 5.91 Å². The van der Waals surface area contributed by atoms with Crippen LogP contribution in [-0.4, -0.2) is 52.1 Å². The van der Waals surface area contributed by atoms with Crippen LogP contribution >= 0.6 is 0 Å². The van der Waals surface area contributed by atoms with E-state index in [0.717, 1.165) is 55.9 Å². The number of nitrogens with one attached hydrogen (secondary N) is 2. The molecule has 2 heterocycles. The van der Waals surface area contributed by atoms with Gasteiger partial charge in [0.2, 0.25) is 0 Å². The molecule has 2 N–H and O–H groups in total. The third-order valence-corrected chi connectivity index (χ3v) is 6.05. The maximum atomic E-state index is 12.7. The van der Waals surface area contributed by atoms with Gasteiger partial charge in [0.05, 0.1) is 17.3 Å². The highest BCUT2D eigenvalue weighted by atomic mass is 16.1. The lowest BCUT2D eigenvalue weighted by Gasteiger charge is -2.34. The smallest absolute Gasteiger partial charge is 0.257 e. The number of carbonyl (C=O) groups excluding carboxylic acids is 1. The molecule has 6 heteroatoms. The van der Waals surface area contributed by atoms with Gasteiger partial charge in [-0.25, -0.2) is 0 Å². The number of nitrogens with zero attached hydrogens (tertiary/aromatic N) is 3. The van der Waals surface area contributed by atoms with E-state index in [0.29, 0.717) is 5.56 Å². The van der Waals surface area contributed by atoms with Crippen LogP contribution in [0, 0.1) is 0 Å². The maximum absolute atomic E-state index is 12.7. The molecular weight excluding hydrogens is 398 g/mol. The summed E-state index contributed by atoms with van der Waals surface area (Å²) in [6, 6.07) is 24.4. The summed E-state index contributed by atoms with van der Waals surface area (Å²) in [6.07, 6.45) is 1.72. The molecule has 1 aliphatic rings. The number of hydrogen-bond donors (Lipinski definition) is 2. The highest BCUT2D eigenvalue weighted by Crippen LogP contribution is 2.19. The van der Waals surface area contributed by atoms with Crippen LogP contribution in [0.2, 0.25) is 0 Å². The average molecular weight is 426 g/mol. The molecule has 0 saturated carbocycles. The molecule has 1 aromatic heterocycles. The first kappa shape index (κ1) is 20.4. The van der Waals surface area contributed by atoms with Crippen LogP contribution in [0.4, 0.5) is 5.69 Å². The molecule has 0 spiro atoms. The highest BCUT2D eigenvalue weighted by molar-refractivity contribution is 6.11. The molecule has 0 atom stereocenters. The third kappa shape index (κ3) is 4.72. The second-order valence-corrected chi connectivity index (χ2v) is 8.33. The van der Waals surface area contributed by atoms with Crippen LogP contribution < -0.4 is 5.32 Å². The number of benzene rings is 3. The van der Waals surface area contributed by atoms with Crippen molar-refractivity contribution in [2.75, 3.05) is 31.5 Å². The molecule has 0 unspecified atom stereocenters. The minimum atomic E-state index is -0.137. The van der Waals surface area contributed by atoms with Gasteiger partial charge in [-0.3, -0.25) is 19.7 Å². The molecule has 1 aliphatic heterocycles. The first-order valence-electron chi connectivity index (χ1n) is 11.1.